The fourth-order valence-corrected chi connectivity index (χ4v) is 4.08. The van der Waals surface area contributed by atoms with Crippen molar-refractivity contribution in [3.05, 3.63) is 76.4 Å². The fraction of sp³-hybridized carbons (Fsp3) is 0.167. The molecule has 0 bridgehead atoms. The Balaban J connectivity index is 1.64. The molecule has 5 rings (SSSR count). The molecular weight excluding hydrogens is 415 g/mol. The van der Waals surface area contributed by atoms with Gasteiger partial charge < -0.3 is 23.9 Å². The second-order valence-electron chi connectivity index (χ2n) is 7.47. The Kier molecular flexibility index (Phi) is 4.99. The van der Waals surface area contributed by atoms with E-state index in [0.29, 0.717) is 27.8 Å². The minimum Gasteiger partial charge on any atom is -0.497 e. The predicted molar refractivity (Wildman–Crippen MR) is 117 cm³/mol. The summed E-state index contributed by atoms with van der Waals surface area (Å²) in [6.07, 6.45) is 0. The van der Waals surface area contributed by atoms with Gasteiger partial charge in [-0.05, 0) is 52.7 Å². The zero-order chi connectivity index (χ0) is 22.2. The standard InChI is InChI=1S/C24H19FN2O5/c1-30-19-5-2-14(3-6-19)15-4-7-20-21(10-15)27(24(28)22(20)26-29)11-16-8-18(25)9-17-12-31-13-32-23(16)17/h2-10,28H,11-13H2,1H3. The molecule has 8 heteroatoms. The van der Waals surface area contributed by atoms with Crippen LogP contribution in [-0.2, 0) is 17.9 Å². The number of methoxy groups -OCH3 is 1. The number of fused-ring (bicyclic) bond motifs is 2. The summed E-state index contributed by atoms with van der Waals surface area (Å²) in [7, 11) is 1.60. The summed E-state index contributed by atoms with van der Waals surface area (Å²) in [6.45, 7) is 0.387. The number of aromatic hydroxyl groups is 1. The van der Waals surface area contributed by atoms with Crippen LogP contribution in [0.25, 0.3) is 22.0 Å². The van der Waals surface area contributed by atoms with E-state index < -0.39 is 5.82 Å². The van der Waals surface area contributed by atoms with Crippen molar-refractivity contribution in [2.45, 2.75) is 13.2 Å². The van der Waals surface area contributed by atoms with Crippen molar-refractivity contribution in [1.29, 1.82) is 0 Å². The van der Waals surface area contributed by atoms with E-state index in [9.17, 15) is 14.4 Å². The molecule has 0 amide bonds. The van der Waals surface area contributed by atoms with Crippen LogP contribution in [-0.4, -0.2) is 23.6 Å². The average Bonchev–Trinajstić information content (AvgIpc) is 3.09. The smallest absolute Gasteiger partial charge is 0.222 e. The molecule has 0 atom stereocenters. The lowest BCUT2D eigenvalue weighted by Crippen LogP contribution is -2.14. The first-order valence-electron chi connectivity index (χ1n) is 9.94. The van der Waals surface area contributed by atoms with Crippen molar-refractivity contribution in [3.63, 3.8) is 0 Å². The number of hydrogen-bond donors (Lipinski definition) is 1. The van der Waals surface area contributed by atoms with Crippen LogP contribution in [0.4, 0.5) is 10.1 Å². The molecule has 0 radical (unpaired) electrons. The van der Waals surface area contributed by atoms with Gasteiger partial charge in [-0.15, -0.1) is 4.91 Å². The second kappa shape index (κ2) is 7.97. The third kappa shape index (κ3) is 3.34. The minimum absolute atomic E-state index is 0.0594. The number of nitrogens with zero attached hydrogens (tertiary/aromatic N) is 2. The van der Waals surface area contributed by atoms with Gasteiger partial charge in [0.25, 0.3) is 0 Å². The Morgan fingerprint density at radius 2 is 1.91 bits per heavy atom. The van der Waals surface area contributed by atoms with Gasteiger partial charge in [-0.3, -0.25) is 0 Å². The van der Waals surface area contributed by atoms with Crippen LogP contribution in [0, 0.1) is 10.7 Å². The monoisotopic (exact) mass is 434 g/mol. The molecule has 0 aliphatic carbocycles. The van der Waals surface area contributed by atoms with E-state index in [1.165, 1.54) is 16.7 Å². The molecule has 0 unspecified atom stereocenters. The number of nitroso groups, excluding NO2 is 1. The number of aromatic nitrogens is 1. The maximum atomic E-state index is 14.2. The molecule has 3 aromatic carbocycles. The molecule has 0 saturated carbocycles. The van der Waals surface area contributed by atoms with Gasteiger partial charge >= 0.3 is 0 Å². The molecule has 0 saturated heterocycles. The highest BCUT2D eigenvalue weighted by atomic mass is 19.1. The van der Waals surface area contributed by atoms with E-state index in [1.807, 2.05) is 36.4 Å². The summed E-state index contributed by atoms with van der Waals surface area (Å²) in [5.74, 6) is 0.539. The second-order valence-corrected chi connectivity index (χ2v) is 7.47. The van der Waals surface area contributed by atoms with Crippen LogP contribution in [0.1, 0.15) is 11.1 Å². The highest BCUT2D eigenvalue weighted by Gasteiger charge is 2.22. The fourth-order valence-electron chi connectivity index (χ4n) is 4.08. The molecule has 2 heterocycles. The highest BCUT2D eigenvalue weighted by Crippen LogP contribution is 2.41. The Bertz CT molecular complexity index is 1330. The minimum atomic E-state index is -0.434. The summed E-state index contributed by atoms with van der Waals surface area (Å²) < 4.78 is 31.8. The maximum absolute atomic E-state index is 14.2. The van der Waals surface area contributed by atoms with Crippen LogP contribution < -0.4 is 9.47 Å². The summed E-state index contributed by atoms with van der Waals surface area (Å²) in [5.41, 5.74) is 3.47. The first-order valence-corrected chi connectivity index (χ1v) is 9.94. The molecule has 1 aliphatic heterocycles. The number of ether oxygens (including phenoxy) is 3. The van der Waals surface area contributed by atoms with Crippen LogP contribution >= 0.6 is 0 Å². The van der Waals surface area contributed by atoms with Gasteiger partial charge in [-0.2, -0.15) is 0 Å². The lowest BCUT2D eigenvalue weighted by atomic mass is 10.0. The van der Waals surface area contributed by atoms with Gasteiger partial charge in [-0.25, -0.2) is 4.39 Å². The topological polar surface area (TPSA) is 82.3 Å². The Hall–Kier alpha value is -3.91. The molecule has 4 aromatic rings. The van der Waals surface area contributed by atoms with Crippen LogP contribution in [0.15, 0.2) is 59.8 Å². The van der Waals surface area contributed by atoms with Gasteiger partial charge in [0, 0.05) is 16.5 Å². The van der Waals surface area contributed by atoms with E-state index in [4.69, 9.17) is 14.2 Å². The molecule has 0 spiro atoms. The Labute approximate surface area is 182 Å². The van der Waals surface area contributed by atoms with Gasteiger partial charge in [0.2, 0.25) is 5.88 Å². The summed E-state index contributed by atoms with van der Waals surface area (Å²) in [4.78, 5) is 11.5. The molecule has 32 heavy (non-hydrogen) atoms. The van der Waals surface area contributed by atoms with Gasteiger partial charge in [0.05, 0.1) is 25.8 Å². The zero-order valence-corrected chi connectivity index (χ0v) is 17.2. The predicted octanol–water partition coefficient (Wildman–Crippen LogP) is 5.47. The SMILES string of the molecule is COc1ccc(-c2ccc3c(N=O)c(O)n(Cc4cc(F)cc5c4OCOC5)c3c2)cc1. The molecule has 0 fully saturated rings. The van der Waals surface area contributed by atoms with Crippen LogP contribution in [0.2, 0.25) is 0 Å². The summed E-state index contributed by atoms with van der Waals surface area (Å²) in [5, 5.41) is 14.3. The van der Waals surface area contributed by atoms with Gasteiger partial charge in [0.1, 0.15) is 17.3 Å². The normalized spacial score (nSPS) is 12.9. The van der Waals surface area contributed by atoms with Crippen molar-refractivity contribution >= 4 is 16.6 Å². The van der Waals surface area contributed by atoms with E-state index in [1.54, 1.807) is 13.2 Å². The van der Waals surface area contributed by atoms with Crippen molar-refractivity contribution in [1.82, 2.24) is 4.57 Å². The van der Waals surface area contributed by atoms with Crippen molar-refractivity contribution in [2.75, 3.05) is 13.9 Å². The number of benzene rings is 3. The van der Waals surface area contributed by atoms with E-state index >= 15 is 0 Å². The largest absolute Gasteiger partial charge is 0.497 e. The highest BCUT2D eigenvalue weighted by molar-refractivity contribution is 5.97. The zero-order valence-electron chi connectivity index (χ0n) is 17.2. The molecule has 7 nitrogen and oxygen atoms in total. The molecule has 1 aromatic heterocycles. The Morgan fingerprint density at radius 3 is 2.66 bits per heavy atom. The van der Waals surface area contributed by atoms with E-state index in [-0.39, 0.29) is 31.5 Å². The maximum Gasteiger partial charge on any atom is 0.222 e. The summed E-state index contributed by atoms with van der Waals surface area (Å²) >= 11 is 0. The van der Waals surface area contributed by atoms with Crippen molar-refractivity contribution < 1.29 is 23.7 Å². The quantitative estimate of drug-likeness (QED) is 0.421. The van der Waals surface area contributed by atoms with E-state index in [0.717, 1.165) is 16.9 Å². The molecule has 1 aliphatic rings. The Morgan fingerprint density at radius 1 is 1.12 bits per heavy atom. The molecular formula is C24H19FN2O5. The lowest BCUT2D eigenvalue weighted by Gasteiger charge is -2.21. The first kappa shape index (κ1) is 20.0. The van der Waals surface area contributed by atoms with E-state index in [2.05, 4.69) is 5.18 Å². The number of hydrogen-bond acceptors (Lipinski definition) is 6. The van der Waals surface area contributed by atoms with Crippen LogP contribution in [0.5, 0.6) is 17.4 Å². The van der Waals surface area contributed by atoms with Crippen molar-refractivity contribution in [2.24, 2.45) is 5.18 Å². The molecule has 162 valence electrons. The third-order valence-corrected chi connectivity index (χ3v) is 5.61. The van der Waals surface area contributed by atoms with Gasteiger partial charge in [-0.1, -0.05) is 18.2 Å². The van der Waals surface area contributed by atoms with Crippen LogP contribution in [0.3, 0.4) is 0 Å². The van der Waals surface area contributed by atoms with Gasteiger partial charge in [0.15, 0.2) is 12.5 Å². The number of rotatable bonds is 5. The number of halogens is 1. The average molecular weight is 434 g/mol. The molecule has 1 N–H and O–H groups in total. The first-order chi connectivity index (χ1) is 15.6. The lowest BCUT2D eigenvalue weighted by molar-refractivity contribution is -0.0173. The summed E-state index contributed by atoms with van der Waals surface area (Å²) in [6, 6.07) is 15.7. The third-order valence-electron chi connectivity index (χ3n) is 5.61. The van der Waals surface area contributed by atoms with Crippen molar-refractivity contribution in [3.8, 4) is 28.5 Å².